The standard InChI is InChI=1S/C23H24N8O2.C2H6.H2/c1-15(12-33-2)31-14-26-29-22(31)18-4-3-5-19(27-18)23(32)28-21-10-17(8-9-24-21)30-11-20(25-13-30)16-6-7-16;1-2;/h3-5,8-11,13-16H,6-7,12H2,1-2H3,(H,24,28,32);1-2H3;1H/t15-;;/m1../s1. The van der Waals surface area contributed by atoms with Gasteiger partial charge in [0.15, 0.2) is 5.82 Å². The Kier molecular flexibility index (Phi) is 7.61. The Labute approximate surface area is 205 Å². The predicted molar refractivity (Wildman–Crippen MR) is 135 cm³/mol. The third kappa shape index (κ3) is 5.60. The molecule has 4 aromatic heterocycles. The molecule has 1 saturated carbocycles. The minimum Gasteiger partial charge on any atom is -0.383 e. The second kappa shape index (κ2) is 11.0. The van der Waals surface area contributed by atoms with Crippen molar-refractivity contribution in [1.29, 1.82) is 0 Å². The first-order valence-electron chi connectivity index (χ1n) is 11.8. The number of hydrogen-bond acceptors (Lipinski definition) is 7. The molecule has 10 nitrogen and oxygen atoms in total. The summed E-state index contributed by atoms with van der Waals surface area (Å²) in [6.45, 7) is 6.51. The number of pyridine rings is 2. The lowest BCUT2D eigenvalue weighted by atomic mass is 10.2. The molecule has 0 bridgehead atoms. The molecular formula is C25H32N8O2. The van der Waals surface area contributed by atoms with Crippen molar-refractivity contribution in [2.45, 2.75) is 45.6 Å². The van der Waals surface area contributed by atoms with Gasteiger partial charge in [-0.2, -0.15) is 0 Å². The molecule has 0 radical (unpaired) electrons. The Morgan fingerprint density at radius 2 is 2.06 bits per heavy atom. The minimum atomic E-state index is -0.359. The van der Waals surface area contributed by atoms with Crippen LogP contribution in [0.1, 0.15) is 63.2 Å². The third-order valence-electron chi connectivity index (χ3n) is 5.55. The van der Waals surface area contributed by atoms with Gasteiger partial charge in [-0.25, -0.2) is 15.0 Å². The van der Waals surface area contributed by atoms with Gasteiger partial charge in [-0.05, 0) is 38.0 Å². The van der Waals surface area contributed by atoms with E-state index >= 15 is 0 Å². The Hall–Kier alpha value is -3.92. The average molecular weight is 477 g/mol. The van der Waals surface area contributed by atoms with Crippen molar-refractivity contribution in [3.63, 3.8) is 0 Å². The van der Waals surface area contributed by atoms with Crippen LogP contribution in [0.4, 0.5) is 5.82 Å². The molecule has 0 unspecified atom stereocenters. The molecule has 0 spiro atoms. The summed E-state index contributed by atoms with van der Waals surface area (Å²) in [6.07, 6.45) is 9.51. The van der Waals surface area contributed by atoms with Gasteiger partial charge in [0.1, 0.15) is 23.5 Å². The molecule has 10 heteroatoms. The van der Waals surface area contributed by atoms with Crippen molar-refractivity contribution in [3.8, 4) is 17.2 Å². The van der Waals surface area contributed by atoms with E-state index in [4.69, 9.17) is 4.74 Å². The molecule has 1 amide bonds. The number of ether oxygens (including phenoxy) is 1. The first kappa shape index (κ1) is 24.2. The third-order valence-corrected chi connectivity index (χ3v) is 5.55. The summed E-state index contributed by atoms with van der Waals surface area (Å²) in [5, 5.41) is 11.0. The molecule has 0 saturated heterocycles. The van der Waals surface area contributed by atoms with Crippen molar-refractivity contribution >= 4 is 11.7 Å². The number of hydrogen-bond donors (Lipinski definition) is 1. The minimum absolute atomic E-state index is 0. The second-order valence-corrected chi connectivity index (χ2v) is 8.11. The van der Waals surface area contributed by atoms with E-state index in [1.807, 2.05) is 48.2 Å². The summed E-state index contributed by atoms with van der Waals surface area (Å²) in [5.74, 6) is 1.22. The lowest BCUT2D eigenvalue weighted by Gasteiger charge is -2.14. The average Bonchev–Trinajstić information content (AvgIpc) is 3.41. The predicted octanol–water partition coefficient (Wildman–Crippen LogP) is 4.53. The normalized spacial score (nSPS) is 13.6. The number of anilines is 1. The lowest BCUT2D eigenvalue weighted by Crippen LogP contribution is -2.16. The molecule has 1 atom stereocenters. The molecule has 4 aromatic rings. The first-order chi connectivity index (χ1) is 17.1. The number of methoxy groups -OCH3 is 1. The zero-order chi connectivity index (χ0) is 24.8. The van der Waals surface area contributed by atoms with Crippen LogP contribution in [0.3, 0.4) is 0 Å². The Morgan fingerprint density at radius 3 is 2.83 bits per heavy atom. The largest absolute Gasteiger partial charge is 0.383 e. The quantitative estimate of drug-likeness (QED) is 0.397. The monoisotopic (exact) mass is 476 g/mol. The van der Waals surface area contributed by atoms with E-state index in [1.54, 1.807) is 44.2 Å². The fourth-order valence-corrected chi connectivity index (χ4v) is 3.65. The second-order valence-electron chi connectivity index (χ2n) is 8.11. The van der Waals surface area contributed by atoms with Crippen LogP contribution in [0.15, 0.2) is 55.4 Å². The summed E-state index contributed by atoms with van der Waals surface area (Å²) < 4.78 is 9.05. The molecule has 35 heavy (non-hydrogen) atoms. The smallest absolute Gasteiger partial charge is 0.275 e. The number of imidazole rings is 1. The van der Waals surface area contributed by atoms with Crippen LogP contribution in [-0.4, -0.2) is 53.9 Å². The maximum absolute atomic E-state index is 12.9. The van der Waals surface area contributed by atoms with Crippen LogP contribution in [0.2, 0.25) is 0 Å². The number of amides is 1. The zero-order valence-corrected chi connectivity index (χ0v) is 20.4. The van der Waals surface area contributed by atoms with Crippen molar-refractivity contribution in [2.75, 3.05) is 19.0 Å². The van der Waals surface area contributed by atoms with Gasteiger partial charge in [0.05, 0.1) is 30.4 Å². The van der Waals surface area contributed by atoms with E-state index in [9.17, 15) is 4.79 Å². The molecule has 184 valence electrons. The van der Waals surface area contributed by atoms with E-state index in [2.05, 4.69) is 30.5 Å². The van der Waals surface area contributed by atoms with Gasteiger partial charge >= 0.3 is 0 Å². The van der Waals surface area contributed by atoms with Gasteiger partial charge in [0.25, 0.3) is 5.91 Å². The molecule has 0 aromatic carbocycles. The van der Waals surface area contributed by atoms with Crippen LogP contribution < -0.4 is 5.32 Å². The van der Waals surface area contributed by atoms with Gasteiger partial charge in [0.2, 0.25) is 0 Å². The zero-order valence-electron chi connectivity index (χ0n) is 20.4. The highest BCUT2D eigenvalue weighted by atomic mass is 16.5. The Balaban J connectivity index is 0.00000117. The number of nitrogens with zero attached hydrogens (tertiary/aromatic N) is 7. The summed E-state index contributed by atoms with van der Waals surface area (Å²) in [6, 6.07) is 8.93. The SMILES string of the molecule is CC.COC[C@@H](C)n1cnnc1-c1cccc(C(=O)Nc2cc(-n3cnc(C4CC4)c3)ccn2)n1.[HH]. The highest BCUT2D eigenvalue weighted by Gasteiger charge is 2.25. The highest BCUT2D eigenvalue weighted by Crippen LogP contribution is 2.39. The topological polar surface area (TPSA) is 113 Å². The summed E-state index contributed by atoms with van der Waals surface area (Å²) >= 11 is 0. The van der Waals surface area contributed by atoms with Gasteiger partial charge < -0.3 is 19.2 Å². The molecule has 4 heterocycles. The number of carbonyl (C=O) groups excluding carboxylic acids is 1. The number of carbonyl (C=O) groups is 1. The van der Waals surface area contributed by atoms with E-state index in [0.717, 1.165) is 11.4 Å². The van der Waals surface area contributed by atoms with Crippen LogP contribution in [0, 0.1) is 0 Å². The number of rotatable bonds is 8. The highest BCUT2D eigenvalue weighted by molar-refractivity contribution is 6.02. The number of nitrogens with one attached hydrogen (secondary N) is 1. The van der Waals surface area contributed by atoms with Crippen molar-refractivity contribution < 1.29 is 11.0 Å². The molecule has 1 fully saturated rings. The molecular weight excluding hydrogens is 444 g/mol. The van der Waals surface area contributed by atoms with Gasteiger partial charge in [-0.15, -0.1) is 10.2 Å². The van der Waals surface area contributed by atoms with Crippen LogP contribution in [0.25, 0.3) is 17.2 Å². The molecule has 1 aliphatic carbocycles. The van der Waals surface area contributed by atoms with Gasteiger partial charge in [-0.3, -0.25) is 4.79 Å². The molecule has 5 rings (SSSR count). The fraction of sp³-hybridized carbons (Fsp3) is 0.360. The van der Waals surface area contributed by atoms with E-state index in [0.29, 0.717) is 29.9 Å². The van der Waals surface area contributed by atoms with Crippen LogP contribution in [0.5, 0.6) is 0 Å². The molecule has 0 aliphatic heterocycles. The summed E-state index contributed by atoms with van der Waals surface area (Å²) in [7, 11) is 1.64. The maximum atomic E-state index is 12.9. The van der Waals surface area contributed by atoms with E-state index in [-0.39, 0.29) is 19.1 Å². The Morgan fingerprint density at radius 1 is 1.23 bits per heavy atom. The van der Waals surface area contributed by atoms with E-state index in [1.165, 1.54) is 12.8 Å². The fourth-order valence-electron chi connectivity index (χ4n) is 3.65. The van der Waals surface area contributed by atoms with E-state index < -0.39 is 0 Å². The summed E-state index contributed by atoms with van der Waals surface area (Å²) in [5.41, 5.74) is 2.79. The van der Waals surface area contributed by atoms with Crippen molar-refractivity contribution in [2.24, 2.45) is 0 Å². The van der Waals surface area contributed by atoms with Crippen LogP contribution >= 0.6 is 0 Å². The maximum Gasteiger partial charge on any atom is 0.275 e. The molecule has 1 aliphatic rings. The molecule has 1 N–H and O–H groups in total. The van der Waals surface area contributed by atoms with Gasteiger partial charge in [0, 0.05) is 32.9 Å². The summed E-state index contributed by atoms with van der Waals surface area (Å²) in [4.78, 5) is 26.2. The first-order valence-corrected chi connectivity index (χ1v) is 11.8. The van der Waals surface area contributed by atoms with Crippen molar-refractivity contribution in [1.82, 2.24) is 34.3 Å². The van der Waals surface area contributed by atoms with Crippen molar-refractivity contribution in [3.05, 3.63) is 66.8 Å². The lowest BCUT2D eigenvalue weighted by molar-refractivity contribution is 0.102. The number of aromatic nitrogens is 7. The van der Waals surface area contributed by atoms with Crippen LogP contribution in [-0.2, 0) is 4.74 Å². The Bertz CT molecular complexity index is 1280. The van der Waals surface area contributed by atoms with Gasteiger partial charge in [-0.1, -0.05) is 19.9 Å².